The summed E-state index contributed by atoms with van der Waals surface area (Å²) in [5, 5.41) is 0. The lowest BCUT2D eigenvalue weighted by Gasteiger charge is -2.12. The first-order valence-corrected chi connectivity index (χ1v) is 7.92. The Morgan fingerprint density at radius 1 is 1.14 bits per heavy atom. The van der Waals surface area contributed by atoms with Crippen LogP contribution in [0, 0.1) is 6.92 Å². The molecule has 3 nitrogen and oxygen atoms in total. The van der Waals surface area contributed by atoms with E-state index in [9.17, 15) is 0 Å². The molecule has 0 saturated heterocycles. The molecule has 0 spiro atoms. The van der Waals surface area contributed by atoms with Gasteiger partial charge in [-0.05, 0) is 30.5 Å². The first-order chi connectivity index (χ1) is 10.6. The normalized spacial score (nSPS) is 12.7. The minimum atomic E-state index is 0.262. The molecule has 1 atom stereocenters. The average Bonchev–Trinajstić information content (AvgIpc) is 2.92. The molecule has 2 aromatic heterocycles. The maximum Gasteiger partial charge on any atom is 0.137 e. The van der Waals surface area contributed by atoms with E-state index in [4.69, 9.17) is 10.7 Å². The number of benzene rings is 1. The second-order valence-electron chi connectivity index (χ2n) is 5.97. The van der Waals surface area contributed by atoms with Crippen LogP contribution in [0.15, 0.2) is 42.6 Å². The first kappa shape index (κ1) is 14.8. The van der Waals surface area contributed by atoms with E-state index in [0.717, 1.165) is 23.3 Å². The fraction of sp³-hybridized carbons (Fsp3) is 0.316. The zero-order chi connectivity index (χ0) is 15.7. The third-order valence-corrected chi connectivity index (χ3v) is 4.26. The molecule has 3 rings (SSSR count). The highest BCUT2D eigenvalue weighted by Crippen LogP contribution is 2.30. The number of hydrogen-bond donors (Lipinski definition) is 1. The van der Waals surface area contributed by atoms with Gasteiger partial charge < -0.3 is 10.1 Å². The van der Waals surface area contributed by atoms with Crippen LogP contribution in [0.5, 0.6) is 0 Å². The van der Waals surface area contributed by atoms with Gasteiger partial charge in [0.25, 0.3) is 0 Å². The molecule has 0 radical (unpaired) electrons. The van der Waals surface area contributed by atoms with Crippen molar-refractivity contribution in [2.24, 2.45) is 5.73 Å². The number of nitrogens with zero attached hydrogens (tertiary/aromatic N) is 2. The summed E-state index contributed by atoms with van der Waals surface area (Å²) in [4.78, 5) is 4.86. The summed E-state index contributed by atoms with van der Waals surface area (Å²) >= 11 is 0. The number of aromatic nitrogens is 2. The van der Waals surface area contributed by atoms with Crippen molar-refractivity contribution < 1.29 is 0 Å². The summed E-state index contributed by atoms with van der Waals surface area (Å²) in [7, 11) is 0. The van der Waals surface area contributed by atoms with Crippen LogP contribution < -0.4 is 5.73 Å². The van der Waals surface area contributed by atoms with Gasteiger partial charge in [0.15, 0.2) is 0 Å². The summed E-state index contributed by atoms with van der Waals surface area (Å²) in [6.07, 6.45) is 3.20. The predicted octanol–water partition coefficient (Wildman–Crippen LogP) is 3.93. The first-order valence-electron chi connectivity index (χ1n) is 7.92. The molecular formula is C19H23N3. The van der Waals surface area contributed by atoms with Gasteiger partial charge in [-0.2, -0.15) is 0 Å². The Morgan fingerprint density at radius 3 is 2.50 bits per heavy atom. The monoisotopic (exact) mass is 293 g/mol. The minimum Gasteiger partial charge on any atom is -0.330 e. The van der Waals surface area contributed by atoms with Gasteiger partial charge in [-0.25, -0.2) is 4.98 Å². The van der Waals surface area contributed by atoms with E-state index in [2.05, 4.69) is 67.8 Å². The highest BCUT2D eigenvalue weighted by atomic mass is 15.0. The molecule has 114 valence electrons. The molecule has 0 saturated carbocycles. The molecule has 1 unspecified atom stereocenters. The number of pyridine rings is 1. The number of nitrogens with two attached hydrogens (primary N) is 1. The average molecular weight is 293 g/mol. The SMILES string of the molecule is CCc1ccc(-c2nc3ccc(C)cn3c2C(C)CN)cc1. The molecule has 1 aromatic carbocycles. The van der Waals surface area contributed by atoms with Crippen molar-refractivity contribution in [3.05, 3.63) is 59.4 Å². The Labute approximate surface area is 131 Å². The van der Waals surface area contributed by atoms with Crippen LogP contribution in [0.25, 0.3) is 16.9 Å². The van der Waals surface area contributed by atoms with E-state index in [1.54, 1.807) is 0 Å². The summed E-state index contributed by atoms with van der Waals surface area (Å²) < 4.78 is 2.19. The second kappa shape index (κ2) is 5.93. The summed E-state index contributed by atoms with van der Waals surface area (Å²) in [5.41, 5.74) is 12.9. The highest BCUT2D eigenvalue weighted by molar-refractivity contribution is 5.67. The maximum absolute atomic E-state index is 5.94. The van der Waals surface area contributed by atoms with Crippen molar-refractivity contribution in [3.8, 4) is 11.3 Å². The number of imidazole rings is 1. The molecule has 0 fully saturated rings. The van der Waals surface area contributed by atoms with Crippen molar-refractivity contribution in [3.63, 3.8) is 0 Å². The Hall–Kier alpha value is -2.13. The van der Waals surface area contributed by atoms with Gasteiger partial charge in [-0.3, -0.25) is 0 Å². The summed E-state index contributed by atoms with van der Waals surface area (Å²) in [6.45, 7) is 7.05. The molecule has 0 aliphatic carbocycles. The standard InChI is InChI=1S/C19H23N3/c1-4-15-6-8-16(9-7-15)18-19(14(3)11-20)22-12-13(2)5-10-17(22)21-18/h5-10,12,14H,4,11,20H2,1-3H3. The molecular weight excluding hydrogens is 270 g/mol. The van der Waals surface area contributed by atoms with Crippen LogP contribution in [-0.4, -0.2) is 15.9 Å². The van der Waals surface area contributed by atoms with Crippen molar-refractivity contribution in [1.29, 1.82) is 0 Å². The van der Waals surface area contributed by atoms with Gasteiger partial charge in [0, 0.05) is 24.2 Å². The fourth-order valence-electron chi connectivity index (χ4n) is 2.86. The summed E-state index contributed by atoms with van der Waals surface area (Å²) in [6, 6.07) is 12.9. The smallest absolute Gasteiger partial charge is 0.137 e. The molecule has 0 aliphatic rings. The number of hydrogen-bond acceptors (Lipinski definition) is 2. The second-order valence-corrected chi connectivity index (χ2v) is 5.97. The van der Waals surface area contributed by atoms with E-state index < -0.39 is 0 Å². The Bertz CT molecular complexity index is 784. The molecule has 0 bridgehead atoms. The summed E-state index contributed by atoms with van der Waals surface area (Å²) in [5.74, 6) is 0.262. The number of fused-ring (bicyclic) bond motifs is 1. The minimum absolute atomic E-state index is 0.262. The van der Waals surface area contributed by atoms with Crippen molar-refractivity contribution in [1.82, 2.24) is 9.38 Å². The zero-order valence-electron chi connectivity index (χ0n) is 13.5. The van der Waals surface area contributed by atoms with Crippen molar-refractivity contribution in [2.45, 2.75) is 33.1 Å². The van der Waals surface area contributed by atoms with Gasteiger partial charge >= 0.3 is 0 Å². The zero-order valence-corrected chi connectivity index (χ0v) is 13.5. The van der Waals surface area contributed by atoms with E-state index in [1.807, 2.05) is 0 Å². The van der Waals surface area contributed by atoms with Crippen LogP contribution in [0.4, 0.5) is 0 Å². The molecule has 22 heavy (non-hydrogen) atoms. The Kier molecular flexibility index (Phi) is 3.99. The van der Waals surface area contributed by atoms with E-state index in [-0.39, 0.29) is 5.92 Å². The lowest BCUT2D eigenvalue weighted by atomic mass is 10.0. The molecule has 3 aromatic rings. The molecule has 3 heteroatoms. The van der Waals surface area contributed by atoms with Gasteiger partial charge in [-0.1, -0.05) is 44.2 Å². The van der Waals surface area contributed by atoms with Crippen LogP contribution in [0.2, 0.25) is 0 Å². The van der Waals surface area contributed by atoms with Gasteiger partial charge in [0.05, 0.1) is 11.4 Å². The van der Waals surface area contributed by atoms with Crippen LogP contribution in [-0.2, 0) is 6.42 Å². The van der Waals surface area contributed by atoms with Gasteiger partial charge in [0.2, 0.25) is 0 Å². The largest absolute Gasteiger partial charge is 0.330 e. The van der Waals surface area contributed by atoms with Crippen LogP contribution in [0.1, 0.15) is 36.6 Å². The molecule has 0 amide bonds. The van der Waals surface area contributed by atoms with E-state index in [1.165, 1.54) is 16.8 Å². The van der Waals surface area contributed by atoms with Gasteiger partial charge in [0.1, 0.15) is 5.65 Å². The quantitative estimate of drug-likeness (QED) is 0.792. The Balaban J connectivity index is 2.22. The van der Waals surface area contributed by atoms with E-state index in [0.29, 0.717) is 6.54 Å². The van der Waals surface area contributed by atoms with E-state index >= 15 is 0 Å². The third kappa shape index (κ3) is 2.53. The van der Waals surface area contributed by atoms with Crippen LogP contribution in [0.3, 0.4) is 0 Å². The lowest BCUT2D eigenvalue weighted by molar-refractivity contribution is 0.738. The van der Waals surface area contributed by atoms with Crippen molar-refractivity contribution >= 4 is 5.65 Å². The topological polar surface area (TPSA) is 43.3 Å². The maximum atomic E-state index is 5.94. The fourth-order valence-corrected chi connectivity index (χ4v) is 2.86. The van der Waals surface area contributed by atoms with Crippen LogP contribution >= 0.6 is 0 Å². The lowest BCUT2D eigenvalue weighted by Crippen LogP contribution is -2.12. The molecule has 2 N–H and O–H groups in total. The number of aryl methyl sites for hydroxylation is 2. The highest BCUT2D eigenvalue weighted by Gasteiger charge is 2.18. The van der Waals surface area contributed by atoms with Gasteiger partial charge in [-0.15, -0.1) is 0 Å². The molecule has 2 heterocycles. The predicted molar refractivity (Wildman–Crippen MR) is 92.2 cm³/mol. The third-order valence-electron chi connectivity index (χ3n) is 4.26. The number of rotatable bonds is 4. The molecule has 0 aliphatic heterocycles. The van der Waals surface area contributed by atoms with Crippen molar-refractivity contribution in [2.75, 3.05) is 6.54 Å². The Morgan fingerprint density at radius 2 is 1.86 bits per heavy atom.